The molecule has 0 fully saturated rings. The van der Waals surface area contributed by atoms with Crippen molar-refractivity contribution >= 4 is 12.0 Å². The van der Waals surface area contributed by atoms with Gasteiger partial charge in [-0.15, -0.1) is 0 Å². The number of amides is 2. The van der Waals surface area contributed by atoms with Crippen molar-refractivity contribution in [2.45, 2.75) is 20.0 Å². The van der Waals surface area contributed by atoms with Crippen LogP contribution in [0.1, 0.15) is 18.4 Å². The van der Waals surface area contributed by atoms with Crippen LogP contribution in [-0.2, 0) is 22.6 Å². The molecule has 2 aromatic rings. The summed E-state index contributed by atoms with van der Waals surface area (Å²) in [6, 6.07) is 7.03. The Labute approximate surface area is 150 Å². The van der Waals surface area contributed by atoms with Crippen molar-refractivity contribution in [2.24, 2.45) is 0 Å². The number of hydrogen-bond donors (Lipinski definition) is 2. The summed E-state index contributed by atoms with van der Waals surface area (Å²) in [5.74, 6) is 1.11. The summed E-state index contributed by atoms with van der Waals surface area (Å²) in [4.78, 5) is 26.0. The van der Waals surface area contributed by atoms with Gasteiger partial charge < -0.3 is 24.2 Å². The van der Waals surface area contributed by atoms with Crippen molar-refractivity contribution in [1.82, 2.24) is 15.5 Å². The van der Waals surface area contributed by atoms with Gasteiger partial charge in [0.15, 0.2) is 0 Å². The molecule has 138 valence electrons. The van der Waals surface area contributed by atoms with Crippen LogP contribution in [0.2, 0.25) is 0 Å². The molecule has 0 unspecified atom stereocenters. The lowest BCUT2D eigenvalue weighted by atomic mass is 10.1. The van der Waals surface area contributed by atoms with Crippen LogP contribution >= 0.6 is 0 Å². The van der Waals surface area contributed by atoms with E-state index >= 15 is 0 Å². The average molecular weight is 359 g/mol. The molecule has 2 amide bonds. The molecule has 0 aliphatic carbocycles. The molecule has 0 bridgehead atoms. The number of esters is 1. The Morgan fingerprint density at radius 2 is 1.81 bits per heavy atom. The van der Waals surface area contributed by atoms with Gasteiger partial charge in [0.05, 0.1) is 44.3 Å². The lowest BCUT2D eigenvalue weighted by molar-refractivity contribution is -0.138. The van der Waals surface area contributed by atoms with E-state index in [0.717, 1.165) is 11.5 Å². The minimum Gasteiger partial charge on any atom is -0.468 e. The summed E-state index contributed by atoms with van der Waals surface area (Å²) in [5, 5.41) is 5.32. The second-order valence-corrected chi connectivity index (χ2v) is 5.79. The third-order valence-electron chi connectivity index (χ3n) is 3.88. The Bertz CT molecular complexity index is 729. The van der Waals surface area contributed by atoms with Crippen LogP contribution in [0, 0.1) is 0 Å². The van der Waals surface area contributed by atoms with E-state index in [1.54, 1.807) is 19.5 Å². The van der Waals surface area contributed by atoms with Gasteiger partial charge in [-0.25, -0.2) is 9.59 Å². The number of nitrogens with zero attached hydrogens (tertiary/aromatic N) is 1. The number of nitrogens with one attached hydrogen (secondary N) is 2. The fourth-order valence-electron chi connectivity index (χ4n) is 2.72. The third-order valence-corrected chi connectivity index (χ3v) is 3.88. The van der Waals surface area contributed by atoms with Gasteiger partial charge in [-0.05, 0) is 31.2 Å². The Balaban J connectivity index is 1.81. The lowest BCUT2D eigenvalue weighted by Gasteiger charge is -2.26. The monoisotopic (exact) mass is 359 g/mol. The zero-order valence-corrected chi connectivity index (χ0v) is 14.5. The highest BCUT2D eigenvalue weighted by molar-refractivity contribution is 5.93. The first-order valence-corrected chi connectivity index (χ1v) is 8.36. The van der Waals surface area contributed by atoms with Gasteiger partial charge in [0.25, 0.3) is 0 Å². The number of ether oxygens (including phenoxy) is 1. The molecule has 1 aliphatic heterocycles. The van der Waals surface area contributed by atoms with Crippen molar-refractivity contribution in [3.8, 4) is 0 Å². The van der Waals surface area contributed by atoms with E-state index in [4.69, 9.17) is 13.6 Å². The lowest BCUT2D eigenvalue weighted by Crippen LogP contribution is -2.46. The second-order valence-electron chi connectivity index (χ2n) is 5.79. The summed E-state index contributed by atoms with van der Waals surface area (Å²) in [6.07, 6.45) is 3.21. The Kier molecular flexibility index (Phi) is 5.75. The molecule has 0 atom stereocenters. The van der Waals surface area contributed by atoms with Gasteiger partial charge in [0.1, 0.15) is 11.5 Å². The van der Waals surface area contributed by atoms with Gasteiger partial charge >= 0.3 is 12.0 Å². The molecule has 0 aromatic carbocycles. The van der Waals surface area contributed by atoms with Gasteiger partial charge in [0, 0.05) is 12.2 Å². The molecule has 1 aliphatic rings. The minimum atomic E-state index is -0.439. The summed E-state index contributed by atoms with van der Waals surface area (Å²) >= 11 is 0. The first-order chi connectivity index (χ1) is 12.7. The Morgan fingerprint density at radius 3 is 2.35 bits per heavy atom. The van der Waals surface area contributed by atoms with Crippen LogP contribution in [-0.4, -0.2) is 36.6 Å². The van der Waals surface area contributed by atoms with Crippen LogP contribution < -0.4 is 10.6 Å². The van der Waals surface area contributed by atoms with Crippen LogP contribution in [0.25, 0.3) is 0 Å². The molecule has 0 saturated heterocycles. The van der Waals surface area contributed by atoms with Crippen molar-refractivity contribution in [3.05, 3.63) is 59.6 Å². The zero-order chi connectivity index (χ0) is 18.4. The Morgan fingerprint density at radius 1 is 1.15 bits per heavy atom. The van der Waals surface area contributed by atoms with Crippen LogP contribution in [0.15, 0.2) is 56.9 Å². The average Bonchev–Trinajstić information content (AvgIpc) is 3.29. The van der Waals surface area contributed by atoms with Gasteiger partial charge in [0.2, 0.25) is 0 Å². The summed E-state index contributed by atoms with van der Waals surface area (Å²) in [7, 11) is 0. The standard InChI is InChI=1S/C18H21N3O5/c1-2-24-17(22)15-9-19-18(23)20-16(15)12-21(10-13-5-3-7-25-13)11-14-6-4-8-26-14/h3-8H,2,9-12H2,1H3,(H2,19,20,23). The summed E-state index contributed by atoms with van der Waals surface area (Å²) in [5.41, 5.74) is 0.931. The summed E-state index contributed by atoms with van der Waals surface area (Å²) < 4.78 is 15.9. The summed E-state index contributed by atoms with van der Waals surface area (Å²) in [6.45, 7) is 3.48. The van der Waals surface area contributed by atoms with Crippen LogP contribution in [0.4, 0.5) is 4.79 Å². The number of hydrogen-bond acceptors (Lipinski definition) is 6. The number of carbonyl (C=O) groups excluding carboxylic acids is 2. The molecule has 3 heterocycles. The molecule has 2 aromatic heterocycles. The molecule has 26 heavy (non-hydrogen) atoms. The molecule has 8 nitrogen and oxygen atoms in total. The topological polar surface area (TPSA) is 96.9 Å². The maximum absolute atomic E-state index is 12.2. The molecule has 8 heteroatoms. The molecular weight excluding hydrogens is 338 g/mol. The van der Waals surface area contributed by atoms with Crippen molar-refractivity contribution in [3.63, 3.8) is 0 Å². The maximum atomic E-state index is 12.2. The molecular formula is C18H21N3O5. The van der Waals surface area contributed by atoms with E-state index in [1.165, 1.54) is 0 Å². The van der Waals surface area contributed by atoms with Gasteiger partial charge in [-0.2, -0.15) is 0 Å². The maximum Gasteiger partial charge on any atom is 0.337 e. The SMILES string of the molecule is CCOC(=O)C1=C(CN(Cc2ccco2)Cc2ccco2)NC(=O)NC1. The van der Waals surface area contributed by atoms with Gasteiger partial charge in [-0.3, -0.25) is 4.90 Å². The smallest absolute Gasteiger partial charge is 0.337 e. The number of carbonyl (C=O) groups is 2. The largest absolute Gasteiger partial charge is 0.468 e. The highest BCUT2D eigenvalue weighted by Crippen LogP contribution is 2.16. The van der Waals surface area contributed by atoms with E-state index in [0.29, 0.717) is 30.9 Å². The van der Waals surface area contributed by atoms with Crippen molar-refractivity contribution in [2.75, 3.05) is 19.7 Å². The zero-order valence-electron chi connectivity index (χ0n) is 14.5. The predicted octanol–water partition coefficient (Wildman–Crippen LogP) is 2.00. The minimum absolute atomic E-state index is 0.134. The predicted molar refractivity (Wildman–Crippen MR) is 91.7 cm³/mol. The van der Waals surface area contributed by atoms with E-state index in [9.17, 15) is 9.59 Å². The second kappa shape index (κ2) is 8.39. The van der Waals surface area contributed by atoms with Crippen LogP contribution in [0.5, 0.6) is 0 Å². The van der Waals surface area contributed by atoms with E-state index in [2.05, 4.69) is 10.6 Å². The fraction of sp³-hybridized carbons (Fsp3) is 0.333. The quantitative estimate of drug-likeness (QED) is 0.700. The molecule has 3 rings (SSSR count). The number of urea groups is 1. The Hall–Kier alpha value is -3.00. The molecule has 0 saturated carbocycles. The van der Waals surface area contributed by atoms with Gasteiger partial charge in [-0.1, -0.05) is 0 Å². The number of rotatable bonds is 8. The highest BCUT2D eigenvalue weighted by atomic mass is 16.5. The fourth-order valence-corrected chi connectivity index (χ4v) is 2.72. The first-order valence-electron chi connectivity index (χ1n) is 8.36. The first kappa shape index (κ1) is 17.8. The number of furan rings is 2. The highest BCUT2D eigenvalue weighted by Gasteiger charge is 2.25. The van der Waals surface area contributed by atoms with Crippen molar-refractivity contribution < 1.29 is 23.2 Å². The van der Waals surface area contributed by atoms with E-state index in [1.807, 2.05) is 29.2 Å². The van der Waals surface area contributed by atoms with Crippen molar-refractivity contribution in [1.29, 1.82) is 0 Å². The molecule has 0 radical (unpaired) electrons. The normalized spacial score (nSPS) is 14.3. The molecule has 0 spiro atoms. The van der Waals surface area contributed by atoms with E-state index < -0.39 is 5.97 Å². The third kappa shape index (κ3) is 4.54. The van der Waals surface area contributed by atoms with E-state index in [-0.39, 0.29) is 19.2 Å². The molecule has 2 N–H and O–H groups in total. The van der Waals surface area contributed by atoms with Crippen LogP contribution in [0.3, 0.4) is 0 Å².